The molecule has 1 aliphatic carbocycles. The molecule has 0 N–H and O–H groups in total. The summed E-state index contributed by atoms with van der Waals surface area (Å²) in [5.41, 5.74) is 5.30. The molecule has 6 rings (SSSR count). The third-order valence-corrected chi connectivity index (χ3v) is 8.81. The van der Waals surface area contributed by atoms with Crippen molar-refractivity contribution >= 4 is 55.2 Å². The fourth-order valence-corrected chi connectivity index (χ4v) is 7.17. The Kier molecular flexibility index (Phi) is 5.23. The quantitative estimate of drug-likeness (QED) is 0.232. The van der Waals surface area contributed by atoms with E-state index in [1.165, 1.54) is 21.2 Å². The maximum atomic E-state index is 9.16. The summed E-state index contributed by atoms with van der Waals surface area (Å²) in [4.78, 5) is 9.27. The van der Waals surface area contributed by atoms with E-state index >= 15 is 0 Å². The molecule has 0 saturated heterocycles. The number of anilines is 3. The standard InChI is InChI=1S/C30H20N4S2/c1-30(2)24-14-22(18-33-28(24)29-25(30)15-23(35-29)12-19(16-31)17-32)34(21-9-4-3-5-10-21)27-13-20-8-6-7-11-26(20)36-27/h3-15,18H,1-2H3. The van der Waals surface area contributed by atoms with Crippen LogP contribution in [0.4, 0.5) is 16.4 Å². The highest BCUT2D eigenvalue weighted by Crippen LogP contribution is 2.53. The molecule has 5 aromatic rings. The van der Waals surface area contributed by atoms with Gasteiger partial charge in [0.25, 0.3) is 0 Å². The molecule has 4 nitrogen and oxygen atoms in total. The Hall–Kier alpha value is -4.23. The number of para-hydroxylation sites is 1. The summed E-state index contributed by atoms with van der Waals surface area (Å²) < 4.78 is 1.25. The topological polar surface area (TPSA) is 63.7 Å². The van der Waals surface area contributed by atoms with Crippen LogP contribution in [-0.4, -0.2) is 4.98 Å². The van der Waals surface area contributed by atoms with Crippen LogP contribution in [0.15, 0.2) is 84.6 Å². The van der Waals surface area contributed by atoms with Gasteiger partial charge in [-0.25, -0.2) is 0 Å². The molecule has 3 heterocycles. The lowest BCUT2D eigenvalue weighted by Gasteiger charge is -2.26. The summed E-state index contributed by atoms with van der Waals surface area (Å²) in [6.07, 6.45) is 3.61. The average molecular weight is 501 g/mol. The van der Waals surface area contributed by atoms with Gasteiger partial charge in [-0.1, -0.05) is 50.2 Å². The minimum absolute atomic E-state index is 0.109. The molecule has 172 valence electrons. The molecule has 0 bridgehead atoms. The molecule has 0 saturated carbocycles. The molecule has 0 unspecified atom stereocenters. The Balaban J connectivity index is 1.49. The van der Waals surface area contributed by atoms with Gasteiger partial charge in [0, 0.05) is 20.7 Å². The molecule has 0 spiro atoms. The van der Waals surface area contributed by atoms with Crippen molar-refractivity contribution in [3.8, 4) is 22.7 Å². The molecule has 1 aliphatic rings. The van der Waals surface area contributed by atoms with Gasteiger partial charge in [0.1, 0.15) is 22.7 Å². The van der Waals surface area contributed by atoms with Crippen LogP contribution in [0, 0.1) is 22.7 Å². The highest BCUT2D eigenvalue weighted by molar-refractivity contribution is 7.23. The van der Waals surface area contributed by atoms with Crippen molar-refractivity contribution in [3.05, 3.63) is 101 Å². The van der Waals surface area contributed by atoms with Gasteiger partial charge in [-0.15, -0.1) is 22.7 Å². The van der Waals surface area contributed by atoms with Gasteiger partial charge in [0.2, 0.25) is 0 Å². The predicted octanol–water partition coefficient (Wildman–Crippen LogP) is 8.56. The molecule has 0 aliphatic heterocycles. The van der Waals surface area contributed by atoms with Gasteiger partial charge in [-0.05, 0) is 59.0 Å². The molecule has 0 radical (unpaired) electrons. The fraction of sp³-hybridized carbons (Fsp3) is 0.100. The minimum Gasteiger partial charge on any atom is -0.300 e. The van der Waals surface area contributed by atoms with Gasteiger partial charge in [0.15, 0.2) is 0 Å². The highest BCUT2D eigenvalue weighted by atomic mass is 32.1. The van der Waals surface area contributed by atoms with Gasteiger partial charge in [-0.3, -0.25) is 4.98 Å². The summed E-state index contributed by atoms with van der Waals surface area (Å²) in [6, 6.07) is 29.4. The average Bonchev–Trinajstić information content (AvgIpc) is 3.57. The van der Waals surface area contributed by atoms with Gasteiger partial charge < -0.3 is 4.90 Å². The number of rotatable bonds is 4. The van der Waals surface area contributed by atoms with Crippen LogP contribution >= 0.6 is 22.7 Å². The van der Waals surface area contributed by atoms with E-state index in [9.17, 15) is 0 Å². The van der Waals surface area contributed by atoms with Gasteiger partial charge in [-0.2, -0.15) is 10.5 Å². The summed E-state index contributed by atoms with van der Waals surface area (Å²) in [7, 11) is 0. The summed E-state index contributed by atoms with van der Waals surface area (Å²) >= 11 is 3.35. The van der Waals surface area contributed by atoms with E-state index in [-0.39, 0.29) is 11.0 Å². The van der Waals surface area contributed by atoms with E-state index in [0.717, 1.165) is 31.8 Å². The zero-order chi connectivity index (χ0) is 24.9. The zero-order valence-electron chi connectivity index (χ0n) is 19.7. The third kappa shape index (κ3) is 3.51. The lowest BCUT2D eigenvalue weighted by atomic mass is 9.83. The summed E-state index contributed by atoms with van der Waals surface area (Å²) in [5.74, 6) is 0. The molecule has 2 aromatic carbocycles. The smallest absolute Gasteiger partial charge is 0.131 e. The second kappa shape index (κ2) is 8.46. The number of nitrogens with zero attached hydrogens (tertiary/aromatic N) is 4. The van der Waals surface area contributed by atoms with E-state index in [2.05, 4.69) is 85.5 Å². The van der Waals surface area contributed by atoms with Crippen molar-refractivity contribution in [2.24, 2.45) is 0 Å². The maximum Gasteiger partial charge on any atom is 0.131 e. The van der Waals surface area contributed by atoms with Crippen molar-refractivity contribution in [3.63, 3.8) is 0 Å². The Morgan fingerprint density at radius 3 is 2.39 bits per heavy atom. The van der Waals surface area contributed by atoms with Crippen molar-refractivity contribution < 1.29 is 0 Å². The molecule has 6 heteroatoms. The number of aromatic nitrogens is 1. The number of thiophene rings is 2. The fourth-order valence-electron chi connectivity index (χ4n) is 4.79. The lowest BCUT2D eigenvalue weighted by Crippen LogP contribution is -2.16. The summed E-state index contributed by atoms with van der Waals surface area (Å²) in [6.45, 7) is 4.43. The highest BCUT2D eigenvalue weighted by Gasteiger charge is 2.39. The second-order valence-corrected chi connectivity index (χ2v) is 11.3. The Labute approximate surface area is 217 Å². The predicted molar refractivity (Wildman–Crippen MR) is 149 cm³/mol. The van der Waals surface area contributed by atoms with Crippen molar-refractivity contribution in [2.45, 2.75) is 19.3 Å². The van der Waals surface area contributed by atoms with Crippen LogP contribution in [-0.2, 0) is 5.41 Å². The third-order valence-electron chi connectivity index (χ3n) is 6.62. The maximum absolute atomic E-state index is 9.16. The molecule has 0 atom stereocenters. The van der Waals surface area contributed by atoms with E-state index < -0.39 is 0 Å². The van der Waals surface area contributed by atoms with Crippen LogP contribution in [0.2, 0.25) is 0 Å². The molecular weight excluding hydrogens is 480 g/mol. The number of hydrogen-bond acceptors (Lipinski definition) is 6. The Bertz CT molecular complexity index is 1690. The number of hydrogen-bond donors (Lipinski definition) is 0. The van der Waals surface area contributed by atoms with Crippen molar-refractivity contribution in [2.75, 3.05) is 4.90 Å². The van der Waals surface area contributed by atoms with Crippen LogP contribution in [0.1, 0.15) is 29.9 Å². The SMILES string of the molecule is CC1(C)c2cc(N(c3ccccc3)c3cc4ccccc4s3)cnc2-c2sc(C=C(C#N)C#N)cc21. The minimum atomic E-state index is -0.252. The van der Waals surface area contributed by atoms with Crippen LogP contribution in [0.3, 0.4) is 0 Å². The van der Waals surface area contributed by atoms with Crippen molar-refractivity contribution in [1.82, 2.24) is 4.98 Å². The Morgan fingerprint density at radius 2 is 1.64 bits per heavy atom. The largest absolute Gasteiger partial charge is 0.300 e. The molecule has 0 fully saturated rings. The van der Waals surface area contributed by atoms with E-state index in [1.54, 1.807) is 28.7 Å². The first-order valence-corrected chi connectivity index (χ1v) is 13.1. The number of pyridine rings is 1. The van der Waals surface area contributed by atoms with E-state index in [1.807, 2.05) is 24.4 Å². The summed E-state index contributed by atoms with van der Waals surface area (Å²) in [5, 5.41) is 20.7. The molecular formula is C30H20N4S2. The number of allylic oxidation sites excluding steroid dienone is 1. The van der Waals surface area contributed by atoms with E-state index in [4.69, 9.17) is 15.5 Å². The van der Waals surface area contributed by atoms with Crippen LogP contribution < -0.4 is 4.90 Å². The van der Waals surface area contributed by atoms with Gasteiger partial charge >= 0.3 is 0 Å². The van der Waals surface area contributed by atoms with Crippen LogP contribution in [0.5, 0.6) is 0 Å². The van der Waals surface area contributed by atoms with Crippen molar-refractivity contribution in [1.29, 1.82) is 10.5 Å². The number of benzene rings is 2. The van der Waals surface area contributed by atoms with E-state index in [0.29, 0.717) is 0 Å². The van der Waals surface area contributed by atoms with Gasteiger partial charge in [0.05, 0.1) is 22.5 Å². The molecule has 36 heavy (non-hydrogen) atoms. The first-order valence-electron chi connectivity index (χ1n) is 11.5. The first-order chi connectivity index (χ1) is 17.5. The second-order valence-electron chi connectivity index (χ2n) is 9.18. The number of nitriles is 2. The molecule has 0 amide bonds. The Morgan fingerprint density at radius 1 is 0.889 bits per heavy atom. The normalized spacial score (nSPS) is 12.9. The van der Waals surface area contributed by atoms with Crippen LogP contribution in [0.25, 0.3) is 26.7 Å². The first kappa shape index (κ1) is 22.2. The monoisotopic (exact) mass is 500 g/mol. The zero-order valence-corrected chi connectivity index (χ0v) is 21.3. The molecule has 3 aromatic heterocycles. The lowest BCUT2D eigenvalue weighted by molar-refractivity contribution is 0.660. The number of fused-ring (bicyclic) bond motifs is 4.